The minimum atomic E-state index is -4.59. The number of ether oxygens (including phenoxy) is 1. The topological polar surface area (TPSA) is 138 Å². The van der Waals surface area contributed by atoms with E-state index in [4.69, 9.17) is 4.74 Å². The van der Waals surface area contributed by atoms with Gasteiger partial charge in [-0.25, -0.2) is 9.78 Å². The van der Waals surface area contributed by atoms with Gasteiger partial charge in [0.1, 0.15) is 12.1 Å². The molecule has 0 spiro atoms. The molecule has 5 atom stereocenters. The van der Waals surface area contributed by atoms with E-state index in [0.29, 0.717) is 18.5 Å². The van der Waals surface area contributed by atoms with Crippen LogP contribution in [-0.4, -0.2) is 74.1 Å². The van der Waals surface area contributed by atoms with Gasteiger partial charge in [-0.1, -0.05) is 0 Å². The summed E-state index contributed by atoms with van der Waals surface area (Å²) in [7, 11) is 1.19. The summed E-state index contributed by atoms with van der Waals surface area (Å²) in [5.41, 5.74) is -0.421. The van der Waals surface area contributed by atoms with Gasteiger partial charge >= 0.3 is 12.1 Å². The number of piperidine rings is 1. The lowest BCUT2D eigenvalue weighted by molar-refractivity contribution is -0.149. The molecule has 1 aliphatic heterocycles. The number of hydrogen-bond donors (Lipinski definition) is 3. The molecule has 3 heterocycles. The maximum absolute atomic E-state index is 13.3. The highest BCUT2D eigenvalue weighted by Crippen LogP contribution is 2.43. The molecule has 4 rings (SSSR count). The number of imidazole rings is 1. The molecule has 0 radical (unpaired) electrons. The molecule has 3 unspecified atom stereocenters. The monoisotopic (exact) mass is 509 g/mol. The van der Waals surface area contributed by atoms with E-state index in [1.54, 1.807) is 0 Å². The van der Waals surface area contributed by atoms with Crippen molar-refractivity contribution in [1.29, 1.82) is 0 Å². The molecule has 1 saturated heterocycles. The van der Waals surface area contributed by atoms with Crippen LogP contribution in [0.3, 0.4) is 0 Å². The van der Waals surface area contributed by atoms with Crippen LogP contribution in [0.1, 0.15) is 36.1 Å². The lowest BCUT2D eigenvalue weighted by atomic mass is 9.95. The molecule has 2 bridgehead atoms. The highest BCUT2D eigenvalue weighted by molar-refractivity contribution is 5.92. The van der Waals surface area contributed by atoms with E-state index in [0.717, 1.165) is 18.5 Å². The number of alkyl halides is 3. The van der Waals surface area contributed by atoms with E-state index in [2.05, 4.69) is 20.3 Å². The summed E-state index contributed by atoms with van der Waals surface area (Å²) >= 11 is 0. The highest BCUT2D eigenvalue weighted by Gasteiger charge is 2.55. The molecule has 2 aromatic heterocycles. The molecule has 10 nitrogen and oxygen atoms in total. The van der Waals surface area contributed by atoms with Gasteiger partial charge in [-0.3, -0.25) is 14.6 Å². The number of amides is 2. The number of aryl methyl sites for hydroxylation is 1. The highest BCUT2D eigenvalue weighted by atomic mass is 19.4. The number of esters is 1. The fraction of sp³-hybridized carbons (Fsp3) is 0.522. The Labute approximate surface area is 204 Å². The van der Waals surface area contributed by atoms with Crippen LogP contribution in [0.5, 0.6) is 0 Å². The van der Waals surface area contributed by atoms with Crippen LogP contribution in [0, 0.1) is 5.92 Å². The van der Waals surface area contributed by atoms with Crippen molar-refractivity contribution in [2.45, 2.75) is 62.5 Å². The first-order valence-electron chi connectivity index (χ1n) is 11.4. The number of nitrogens with one attached hydrogen (secondary N) is 2. The number of carbonyl (C=O) groups is 3. The number of fused-ring (bicyclic) bond motifs is 2. The predicted octanol–water partition coefficient (Wildman–Crippen LogP) is 1.01. The van der Waals surface area contributed by atoms with E-state index in [1.807, 2.05) is 0 Å². The number of methoxy groups -OCH3 is 1. The van der Waals surface area contributed by atoms with Gasteiger partial charge in [0.05, 0.1) is 31.1 Å². The zero-order valence-electron chi connectivity index (χ0n) is 19.4. The van der Waals surface area contributed by atoms with Crippen LogP contribution in [-0.2, 0) is 38.1 Å². The van der Waals surface area contributed by atoms with Crippen LogP contribution in [0.2, 0.25) is 0 Å². The van der Waals surface area contributed by atoms with Crippen molar-refractivity contribution < 1.29 is 37.4 Å². The minimum absolute atomic E-state index is 0.0804. The number of nitrogens with zero attached hydrogens (tertiary/aromatic N) is 3. The summed E-state index contributed by atoms with van der Waals surface area (Å²) in [6.45, 7) is 0. The van der Waals surface area contributed by atoms with Crippen molar-refractivity contribution in [1.82, 2.24) is 25.2 Å². The Morgan fingerprint density at radius 2 is 2.06 bits per heavy atom. The van der Waals surface area contributed by atoms with E-state index in [-0.39, 0.29) is 30.7 Å². The largest absolute Gasteiger partial charge is 0.467 e. The first-order chi connectivity index (χ1) is 17.1. The van der Waals surface area contributed by atoms with Crippen LogP contribution in [0.4, 0.5) is 13.2 Å². The van der Waals surface area contributed by atoms with Crippen molar-refractivity contribution in [3.63, 3.8) is 0 Å². The third-order valence-corrected chi connectivity index (χ3v) is 6.79. The number of carbonyl (C=O) groups excluding carboxylic acids is 3. The number of H-pyrrole nitrogens is 1. The Morgan fingerprint density at radius 3 is 2.72 bits per heavy atom. The van der Waals surface area contributed by atoms with Gasteiger partial charge in [0, 0.05) is 37.1 Å². The van der Waals surface area contributed by atoms with Crippen LogP contribution >= 0.6 is 0 Å². The molecular weight excluding hydrogens is 483 g/mol. The van der Waals surface area contributed by atoms with Gasteiger partial charge in [-0.05, 0) is 36.8 Å². The van der Waals surface area contributed by atoms with Crippen LogP contribution in [0.15, 0.2) is 31.0 Å². The molecule has 1 saturated carbocycles. The number of aliphatic hydroxyl groups is 1. The normalized spacial score (nSPS) is 24.0. The zero-order chi connectivity index (χ0) is 26.0. The number of halogens is 3. The first kappa shape index (κ1) is 25.6. The average Bonchev–Trinajstić information content (AvgIpc) is 3.57. The smallest absolute Gasteiger partial charge is 0.416 e. The fourth-order valence-electron chi connectivity index (χ4n) is 5.18. The molecule has 2 fully saturated rings. The number of aromatic nitrogens is 3. The lowest BCUT2D eigenvalue weighted by Gasteiger charge is -2.37. The van der Waals surface area contributed by atoms with E-state index >= 15 is 0 Å². The zero-order valence-corrected chi connectivity index (χ0v) is 19.4. The molecule has 194 valence electrons. The van der Waals surface area contributed by atoms with Crippen molar-refractivity contribution in [3.05, 3.63) is 47.8 Å². The second kappa shape index (κ2) is 10.2. The van der Waals surface area contributed by atoms with Gasteiger partial charge < -0.3 is 25.0 Å². The van der Waals surface area contributed by atoms with Crippen molar-refractivity contribution in [3.8, 4) is 0 Å². The third-order valence-electron chi connectivity index (χ3n) is 6.79. The maximum Gasteiger partial charge on any atom is 0.416 e. The van der Waals surface area contributed by atoms with E-state index in [1.165, 1.54) is 24.5 Å². The Balaban J connectivity index is 1.49. The standard InChI is InChI=1S/C23H26F3N5O5/c1-36-22(35)16(8-14-10-28-11-29-14)30-21(34)20-13-6-17(18(32)7-13)31(20)19(33)3-2-12-9-27-5-4-15(12)23(24,25)26/h4-5,9-11,13,16-18,20,32H,2-3,6-8H2,1H3,(H,28,29)(H,30,34)/t13?,16?,17?,18-,20-/m1/s1. The summed E-state index contributed by atoms with van der Waals surface area (Å²) in [6.07, 6.45) is -0.170. The van der Waals surface area contributed by atoms with Crippen molar-refractivity contribution in [2.24, 2.45) is 5.92 Å². The van der Waals surface area contributed by atoms with Crippen LogP contribution < -0.4 is 5.32 Å². The van der Waals surface area contributed by atoms with Gasteiger partial charge in [0.15, 0.2) is 0 Å². The minimum Gasteiger partial charge on any atom is -0.467 e. The number of rotatable bonds is 8. The Morgan fingerprint density at radius 1 is 1.28 bits per heavy atom. The molecule has 1 aliphatic carbocycles. The van der Waals surface area contributed by atoms with Gasteiger partial charge in [-0.2, -0.15) is 13.2 Å². The predicted molar refractivity (Wildman–Crippen MR) is 117 cm³/mol. The molecule has 3 N–H and O–H groups in total. The van der Waals surface area contributed by atoms with E-state index in [9.17, 15) is 32.7 Å². The maximum atomic E-state index is 13.3. The van der Waals surface area contributed by atoms with Crippen molar-refractivity contribution in [2.75, 3.05) is 7.11 Å². The second-order valence-corrected chi connectivity index (χ2v) is 9.01. The quantitative estimate of drug-likeness (QED) is 0.452. The van der Waals surface area contributed by atoms with Gasteiger partial charge in [0.25, 0.3) is 0 Å². The number of likely N-dealkylation sites (tertiary alicyclic amines) is 1. The average molecular weight is 509 g/mol. The summed E-state index contributed by atoms with van der Waals surface area (Å²) < 4.78 is 44.7. The van der Waals surface area contributed by atoms with Crippen molar-refractivity contribution >= 4 is 17.8 Å². The molecule has 2 aromatic rings. The van der Waals surface area contributed by atoms with Crippen LogP contribution in [0.25, 0.3) is 0 Å². The summed E-state index contributed by atoms with van der Waals surface area (Å²) in [4.78, 5) is 50.5. The Kier molecular flexibility index (Phi) is 7.29. The number of aromatic amines is 1. The first-order valence-corrected chi connectivity index (χ1v) is 11.4. The molecular formula is C23H26F3N5O5. The molecule has 0 aromatic carbocycles. The lowest BCUT2D eigenvalue weighted by Crippen LogP contribution is -2.58. The SMILES string of the molecule is COC(=O)C(Cc1cnc[nH]1)NC(=O)[C@H]1C2CC([C@H](O)C2)N1C(=O)CCc1cnccc1C(F)(F)F. The molecule has 36 heavy (non-hydrogen) atoms. The van der Waals surface area contributed by atoms with E-state index < -0.39 is 53.8 Å². The summed E-state index contributed by atoms with van der Waals surface area (Å²) in [5, 5.41) is 13.0. The fourth-order valence-corrected chi connectivity index (χ4v) is 5.18. The molecule has 13 heteroatoms. The summed E-state index contributed by atoms with van der Waals surface area (Å²) in [5.74, 6) is -2.17. The molecule has 2 amide bonds. The van der Waals surface area contributed by atoms with Gasteiger partial charge in [0.2, 0.25) is 11.8 Å². The molecule has 2 aliphatic rings. The number of pyridine rings is 1. The number of aliphatic hydroxyl groups excluding tert-OH is 1. The summed E-state index contributed by atoms with van der Waals surface area (Å²) in [6, 6.07) is -1.78. The Bertz CT molecular complexity index is 1110. The number of hydrogen-bond acceptors (Lipinski definition) is 7. The Hall–Kier alpha value is -3.48. The third kappa shape index (κ3) is 5.20. The second-order valence-electron chi connectivity index (χ2n) is 9.01. The van der Waals surface area contributed by atoms with Gasteiger partial charge in [-0.15, -0.1) is 0 Å².